The van der Waals surface area contributed by atoms with Gasteiger partial charge in [0.05, 0.1) is 11.4 Å². The molecule has 27 heavy (non-hydrogen) atoms. The summed E-state index contributed by atoms with van der Waals surface area (Å²) in [5, 5.41) is 3.97. The second-order valence-electron chi connectivity index (χ2n) is 6.41. The molecule has 1 aliphatic heterocycles. The molecule has 1 saturated heterocycles. The summed E-state index contributed by atoms with van der Waals surface area (Å²) in [4.78, 5) is 7.36. The van der Waals surface area contributed by atoms with Crippen LogP contribution in [0.4, 0.5) is 0 Å². The highest BCUT2D eigenvalue weighted by Gasteiger charge is 2.23. The van der Waals surface area contributed by atoms with Gasteiger partial charge in [0.2, 0.25) is 10.0 Å². The first-order valence-corrected chi connectivity index (χ1v) is 11.5. The molecule has 0 spiro atoms. The highest BCUT2D eigenvalue weighted by molar-refractivity contribution is 14.0. The normalized spacial score (nSPS) is 18.3. The van der Waals surface area contributed by atoms with Crippen LogP contribution in [-0.4, -0.2) is 68.3 Å². The average Bonchev–Trinajstić information content (AvgIpc) is 2.65. The van der Waals surface area contributed by atoms with E-state index < -0.39 is 10.0 Å². The quantitative estimate of drug-likeness (QED) is 0.351. The Hall–Kier alpha value is -0.520. The molecule has 154 valence electrons. The fourth-order valence-corrected chi connectivity index (χ4v) is 5.12. The number of rotatable bonds is 6. The van der Waals surface area contributed by atoms with E-state index in [0.717, 1.165) is 43.3 Å². The second kappa shape index (κ2) is 11.5. The van der Waals surface area contributed by atoms with Gasteiger partial charge in [0, 0.05) is 44.7 Å². The number of nitrogens with one attached hydrogen (secondary N) is 1. The van der Waals surface area contributed by atoms with Crippen LogP contribution in [0.2, 0.25) is 0 Å². The largest absolute Gasteiger partial charge is 0.357 e. The van der Waals surface area contributed by atoms with Gasteiger partial charge in [-0.15, -0.1) is 24.0 Å². The van der Waals surface area contributed by atoms with Crippen LogP contribution < -0.4 is 5.32 Å². The summed E-state index contributed by atoms with van der Waals surface area (Å²) >= 11 is 2.02. The van der Waals surface area contributed by atoms with Crippen molar-refractivity contribution in [1.29, 1.82) is 0 Å². The lowest BCUT2D eigenvalue weighted by molar-refractivity contribution is 0.408. The van der Waals surface area contributed by atoms with Crippen molar-refractivity contribution in [2.45, 2.75) is 37.0 Å². The Balaban J connectivity index is 0.00000364. The zero-order chi connectivity index (χ0) is 19.2. The Bertz CT molecular complexity index is 726. The van der Waals surface area contributed by atoms with Crippen LogP contribution in [0.3, 0.4) is 0 Å². The summed E-state index contributed by atoms with van der Waals surface area (Å²) in [5.74, 6) is 1.96. The Morgan fingerprint density at radius 3 is 2.67 bits per heavy atom. The van der Waals surface area contributed by atoms with Crippen molar-refractivity contribution in [3.63, 3.8) is 0 Å². The first-order chi connectivity index (χ1) is 12.4. The van der Waals surface area contributed by atoms with Gasteiger partial charge in [-0.25, -0.2) is 17.7 Å². The minimum absolute atomic E-state index is 0. The van der Waals surface area contributed by atoms with Gasteiger partial charge < -0.3 is 10.2 Å². The first kappa shape index (κ1) is 24.5. The molecule has 1 unspecified atom stereocenters. The highest BCUT2D eigenvalue weighted by Crippen LogP contribution is 2.22. The average molecular weight is 527 g/mol. The molecule has 0 aromatic heterocycles. The van der Waals surface area contributed by atoms with Crippen molar-refractivity contribution in [2.24, 2.45) is 4.99 Å². The van der Waals surface area contributed by atoms with Crippen molar-refractivity contribution < 1.29 is 8.42 Å². The van der Waals surface area contributed by atoms with Gasteiger partial charge in [0.25, 0.3) is 0 Å². The molecule has 0 aliphatic carbocycles. The SMILES string of the molecule is CCNC(=NCc1ccccc1S(=O)(=O)N(C)C)N1CCSC(CC)C1.I. The van der Waals surface area contributed by atoms with E-state index in [0.29, 0.717) is 16.7 Å². The number of thioether (sulfide) groups is 1. The van der Waals surface area contributed by atoms with Gasteiger partial charge in [0.15, 0.2) is 5.96 Å². The third-order valence-electron chi connectivity index (χ3n) is 4.36. The molecule has 1 heterocycles. The van der Waals surface area contributed by atoms with Crippen molar-refractivity contribution in [1.82, 2.24) is 14.5 Å². The second-order valence-corrected chi connectivity index (χ2v) is 9.94. The van der Waals surface area contributed by atoms with Crippen LogP contribution in [0.1, 0.15) is 25.8 Å². The van der Waals surface area contributed by atoms with E-state index in [4.69, 9.17) is 4.99 Å². The minimum Gasteiger partial charge on any atom is -0.357 e. The first-order valence-electron chi connectivity index (χ1n) is 9.05. The molecule has 6 nitrogen and oxygen atoms in total. The number of sulfonamides is 1. The molecule has 1 aliphatic rings. The van der Waals surface area contributed by atoms with Crippen LogP contribution in [-0.2, 0) is 16.6 Å². The number of guanidine groups is 1. The molecule has 2 rings (SSSR count). The Morgan fingerprint density at radius 2 is 2.04 bits per heavy atom. The van der Waals surface area contributed by atoms with Gasteiger partial charge >= 0.3 is 0 Å². The van der Waals surface area contributed by atoms with E-state index in [1.54, 1.807) is 26.2 Å². The number of aliphatic imine (C=N–C) groups is 1. The maximum atomic E-state index is 12.6. The Labute approximate surface area is 185 Å². The molecule has 0 radical (unpaired) electrons. The van der Waals surface area contributed by atoms with Gasteiger partial charge in [-0.1, -0.05) is 25.1 Å². The third-order valence-corrected chi connectivity index (χ3v) is 7.65. The predicted octanol–water partition coefficient (Wildman–Crippen LogP) is 2.85. The molecule has 1 fully saturated rings. The Morgan fingerprint density at radius 1 is 1.33 bits per heavy atom. The van der Waals surface area contributed by atoms with Gasteiger partial charge in [-0.05, 0) is 25.0 Å². The zero-order valence-corrected chi connectivity index (χ0v) is 20.5. The number of nitrogens with zero attached hydrogens (tertiary/aromatic N) is 3. The minimum atomic E-state index is -3.48. The number of hydrogen-bond donors (Lipinski definition) is 1. The van der Waals surface area contributed by atoms with Crippen molar-refractivity contribution in [2.75, 3.05) is 39.5 Å². The number of benzene rings is 1. The lowest BCUT2D eigenvalue weighted by atomic mass is 10.2. The molecule has 1 N–H and O–H groups in total. The van der Waals surface area contributed by atoms with Crippen molar-refractivity contribution in [3.8, 4) is 0 Å². The van der Waals surface area contributed by atoms with Crippen molar-refractivity contribution in [3.05, 3.63) is 29.8 Å². The fraction of sp³-hybridized carbons (Fsp3) is 0.611. The topological polar surface area (TPSA) is 65.0 Å². The summed E-state index contributed by atoms with van der Waals surface area (Å²) in [6, 6.07) is 7.10. The van der Waals surface area contributed by atoms with E-state index in [9.17, 15) is 8.42 Å². The lowest BCUT2D eigenvalue weighted by Crippen LogP contribution is -2.48. The number of halogens is 1. The smallest absolute Gasteiger partial charge is 0.242 e. The maximum absolute atomic E-state index is 12.6. The van der Waals surface area contributed by atoms with Crippen LogP contribution in [0.5, 0.6) is 0 Å². The number of hydrogen-bond acceptors (Lipinski definition) is 4. The van der Waals surface area contributed by atoms with Crippen LogP contribution >= 0.6 is 35.7 Å². The molecular formula is C18H31IN4O2S2. The predicted molar refractivity (Wildman–Crippen MR) is 126 cm³/mol. The molecule has 0 amide bonds. The van der Waals surface area contributed by atoms with Crippen LogP contribution in [0.25, 0.3) is 0 Å². The van der Waals surface area contributed by atoms with Crippen molar-refractivity contribution >= 4 is 51.7 Å². The van der Waals surface area contributed by atoms with Crippen LogP contribution in [0, 0.1) is 0 Å². The maximum Gasteiger partial charge on any atom is 0.242 e. The summed E-state index contributed by atoms with van der Waals surface area (Å²) in [6.07, 6.45) is 1.14. The molecule has 0 saturated carbocycles. The molecule has 1 aromatic carbocycles. The van der Waals surface area contributed by atoms with Gasteiger partial charge in [0.1, 0.15) is 0 Å². The standard InChI is InChI=1S/C18H30N4O2S2.HI/c1-5-16-14-22(11-12-25-16)18(19-6-2)20-13-15-9-7-8-10-17(15)26(23,24)21(3)4;/h7-10,16H,5-6,11-14H2,1-4H3,(H,19,20);1H. The van der Waals surface area contributed by atoms with E-state index in [-0.39, 0.29) is 24.0 Å². The van der Waals surface area contributed by atoms with Gasteiger partial charge in [-0.3, -0.25) is 0 Å². The Kier molecular flexibility index (Phi) is 10.4. The summed E-state index contributed by atoms with van der Waals surface area (Å²) < 4.78 is 26.4. The fourth-order valence-electron chi connectivity index (χ4n) is 2.83. The zero-order valence-electron chi connectivity index (χ0n) is 16.5. The molecule has 1 atom stereocenters. The third kappa shape index (κ3) is 6.50. The van der Waals surface area contributed by atoms with Gasteiger partial charge in [-0.2, -0.15) is 11.8 Å². The van der Waals surface area contributed by atoms with E-state index in [1.807, 2.05) is 23.9 Å². The molecular weight excluding hydrogens is 495 g/mol. The van der Waals surface area contributed by atoms with E-state index >= 15 is 0 Å². The van der Waals surface area contributed by atoms with E-state index in [2.05, 4.69) is 24.1 Å². The molecule has 9 heteroatoms. The summed E-state index contributed by atoms with van der Waals surface area (Å²) in [7, 11) is -0.376. The molecule has 1 aromatic rings. The molecule has 0 bridgehead atoms. The summed E-state index contributed by atoms with van der Waals surface area (Å²) in [6.45, 7) is 7.34. The van der Waals surface area contributed by atoms with Crippen LogP contribution in [0.15, 0.2) is 34.2 Å². The highest BCUT2D eigenvalue weighted by atomic mass is 127. The van der Waals surface area contributed by atoms with E-state index in [1.165, 1.54) is 4.31 Å². The summed E-state index contributed by atoms with van der Waals surface area (Å²) in [5.41, 5.74) is 0.718. The lowest BCUT2D eigenvalue weighted by Gasteiger charge is -2.34. The monoisotopic (exact) mass is 526 g/mol.